The van der Waals surface area contributed by atoms with Crippen LogP contribution in [0.3, 0.4) is 0 Å². The zero-order chi connectivity index (χ0) is 11.4. The predicted molar refractivity (Wildman–Crippen MR) is 61.2 cm³/mol. The molecule has 0 bridgehead atoms. The molecule has 0 heterocycles. The first kappa shape index (κ1) is 11.4. The molecule has 1 N–H and O–H groups in total. The lowest BCUT2D eigenvalue weighted by Crippen LogP contribution is -2.13. The maximum Gasteiger partial charge on any atom is 0.142 e. The van der Waals surface area contributed by atoms with E-state index < -0.39 is 0 Å². The number of nitriles is 1. The summed E-state index contributed by atoms with van der Waals surface area (Å²) in [6, 6.07) is 5.89. The van der Waals surface area contributed by atoms with Gasteiger partial charge in [0.15, 0.2) is 0 Å². The molecule has 0 saturated carbocycles. The standard InChI is InChI=1S/C12H16N2O/c1-8-5-11(14-10(3)7-13)12(15-4)6-9(8)2/h5-6,10,14H,1-4H3. The van der Waals surface area contributed by atoms with Crippen LogP contribution in [0.1, 0.15) is 18.1 Å². The van der Waals surface area contributed by atoms with Crippen molar-refractivity contribution in [1.82, 2.24) is 0 Å². The Bertz CT molecular complexity index is 393. The minimum atomic E-state index is -0.221. The second-order valence-corrected chi connectivity index (χ2v) is 3.63. The maximum absolute atomic E-state index is 8.73. The second-order valence-electron chi connectivity index (χ2n) is 3.63. The zero-order valence-corrected chi connectivity index (χ0v) is 9.59. The van der Waals surface area contributed by atoms with Gasteiger partial charge in [-0.2, -0.15) is 5.26 Å². The van der Waals surface area contributed by atoms with Gasteiger partial charge in [0.05, 0.1) is 18.9 Å². The molecular formula is C12H16N2O. The molecular weight excluding hydrogens is 188 g/mol. The van der Waals surface area contributed by atoms with E-state index in [0.29, 0.717) is 0 Å². The zero-order valence-electron chi connectivity index (χ0n) is 9.59. The van der Waals surface area contributed by atoms with E-state index in [1.54, 1.807) is 7.11 Å². The van der Waals surface area contributed by atoms with Crippen LogP contribution in [-0.2, 0) is 0 Å². The SMILES string of the molecule is COc1cc(C)c(C)cc1NC(C)C#N. The number of rotatable bonds is 3. The highest BCUT2D eigenvalue weighted by Crippen LogP contribution is 2.28. The smallest absolute Gasteiger partial charge is 0.142 e. The Morgan fingerprint density at radius 2 is 1.93 bits per heavy atom. The van der Waals surface area contributed by atoms with Gasteiger partial charge in [0, 0.05) is 0 Å². The summed E-state index contributed by atoms with van der Waals surface area (Å²) >= 11 is 0. The summed E-state index contributed by atoms with van der Waals surface area (Å²) in [5.41, 5.74) is 3.24. The molecule has 0 spiro atoms. The molecule has 1 aromatic rings. The number of nitrogens with one attached hydrogen (secondary N) is 1. The number of anilines is 1. The molecule has 0 amide bonds. The highest BCUT2D eigenvalue weighted by Gasteiger charge is 2.07. The average Bonchev–Trinajstić information content (AvgIpc) is 2.22. The van der Waals surface area contributed by atoms with Gasteiger partial charge in [-0.05, 0) is 44.0 Å². The minimum Gasteiger partial charge on any atom is -0.495 e. The van der Waals surface area contributed by atoms with Crippen LogP contribution in [-0.4, -0.2) is 13.2 Å². The van der Waals surface area contributed by atoms with E-state index in [4.69, 9.17) is 10.00 Å². The topological polar surface area (TPSA) is 45.0 Å². The van der Waals surface area contributed by atoms with E-state index in [1.165, 1.54) is 11.1 Å². The highest BCUT2D eigenvalue weighted by molar-refractivity contribution is 5.60. The van der Waals surface area contributed by atoms with Crippen LogP contribution in [0.5, 0.6) is 5.75 Å². The Kier molecular flexibility index (Phi) is 3.56. The summed E-state index contributed by atoms with van der Waals surface area (Å²) in [5.74, 6) is 0.778. The molecule has 0 aliphatic carbocycles. The third kappa shape index (κ3) is 2.63. The molecule has 0 fully saturated rings. The summed E-state index contributed by atoms with van der Waals surface area (Å²) in [4.78, 5) is 0. The van der Waals surface area contributed by atoms with Crippen LogP contribution in [0, 0.1) is 25.2 Å². The fourth-order valence-corrected chi connectivity index (χ4v) is 1.34. The van der Waals surface area contributed by atoms with Crippen LogP contribution in [0.4, 0.5) is 5.69 Å². The van der Waals surface area contributed by atoms with Crippen molar-refractivity contribution >= 4 is 5.69 Å². The number of aryl methyl sites for hydroxylation is 2. The molecule has 0 aromatic heterocycles. The Morgan fingerprint density at radius 3 is 2.47 bits per heavy atom. The molecule has 1 atom stereocenters. The summed E-state index contributed by atoms with van der Waals surface area (Å²) < 4.78 is 5.25. The van der Waals surface area contributed by atoms with Crippen LogP contribution in [0.2, 0.25) is 0 Å². The largest absolute Gasteiger partial charge is 0.495 e. The fourth-order valence-electron chi connectivity index (χ4n) is 1.34. The Balaban J connectivity index is 3.06. The average molecular weight is 204 g/mol. The lowest BCUT2D eigenvalue weighted by Gasteiger charge is -2.14. The fraction of sp³-hybridized carbons (Fsp3) is 0.417. The number of benzene rings is 1. The van der Waals surface area contributed by atoms with Gasteiger partial charge in [-0.1, -0.05) is 0 Å². The molecule has 1 aromatic carbocycles. The van der Waals surface area contributed by atoms with Gasteiger partial charge >= 0.3 is 0 Å². The number of hydrogen-bond donors (Lipinski definition) is 1. The van der Waals surface area contributed by atoms with Crippen molar-refractivity contribution in [3.05, 3.63) is 23.3 Å². The van der Waals surface area contributed by atoms with Gasteiger partial charge in [0.2, 0.25) is 0 Å². The van der Waals surface area contributed by atoms with E-state index in [-0.39, 0.29) is 6.04 Å². The van der Waals surface area contributed by atoms with Crippen molar-refractivity contribution in [2.24, 2.45) is 0 Å². The predicted octanol–water partition coefficient (Wildman–Crippen LogP) is 2.64. The lowest BCUT2D eigenvalue weighted by atomic mass is 10.1. The van der Waals surface area contributed by atoms with E-state index in [2.05, 4.69) is 11.4 Å². The molecule has 0 radical (unpaired) electrons. The molecule has 3 nitrogen and oxygen atoms in total. The monoisotopic (exact) mass is 204 g/mol. The summed E-state index contributed by atoms with van der Waals surface area (Å²) in [6.07, 6.45) is 0. The van der Waals surface area contributed by atoms with Crippen molar-refractivity contribution < 1.29 is 4.74 Å². The maximum atomic E-state index is 8.73. The molecule has 15 heavy (non-hydrogen) atoms. The molecule has 3 heteroatoms. The van der Waals surface area contributed by atoms with Gasteiger partial charge in [0.1, 0.15) is 11.8 Å². The minimum absolute atomic E-state index is 0.221. The first-order valence-corrected chi connectivity index (χ1v) is 4.90. The lowest BCUT2D eigenvalue weighted by molar-refractivity contribution is 0.416. The summed E-state index contributed by atoms with van der Waals surface area (Å²) in [5, 5.41) is 11.8. The van der Waals surface area contributed by atoms with E-state index >= 15 is 0 Å². The first-order valence-electron chi connectivity index (χ1n) is 4.90. The molecule has 1 rings (SSSR count). The normalized spacial score (nSPS) is 11.7. The van der Waals surface area contributed by atoms with Gasteiger partial charge in [-0.3, -0.25) is 0 Å². The molecule has 0 saturated heterocycles. The Hall–Kier alpha value is -1.69. The number of ether oxygens (including phenoxy) is 1. The third-order valence-electron chi connectivity index (χ3n) is 2.38. The molecule has 1 unspecified atom stereocenters. The number of methoxy groups -OCH3 is 1. The van der Waals surface area contributed by atoms with Crippen LogP contribution >= 0.6 is 0 Å². The number of nitrogens with zero attached hydrogens (tertiary/aromatic N) is 1. The van der Waals surface area contributed by atoms with Gasteiger partial charge in [-0.15, -0.1) is 0 Å². The van der Waals surface area contributed by atoms with Gasteiger partial charge in [-0.25, -0.2) is 0 Å². The highest BCUT2D eigenvalue weighted by atomic mass is 16.5. The first-order chi connectivity index (χ1) is 7.08. The van der Waals surface area contributed by atoms with Crippen molar-refractivity contribution in [2.45, 2.75) is 26.8 Å². The Morgan fingerprint density at radius 1 is 1.33 bits per heavy atom. The van der Waals surface area contributed by atoms with Gasteiger partial charge < -0.3 is 10.1 Å². The van der Waals surface area contributed by atoms with Crippen LogP contribution in [0.25, 0.3) is 0 Å². The second kappa shape index (κ2) is 4.70. The Labute approximate surface area is 90.7 Å². The molecule has 0 aliphatic rings. The molecule has 80 valence electrons. The number of hydrogen-bond acceptors (Lipinski definition) is 3. The van der Waals surface area contributed by atoms with Crippen molar-refractivity contribution in [1.29, 1.82) is 5.26 Å². The van der Waals surface area contributed by atoms with Crippen LogP contribution < -0.4 is 10.1 Å². The van der Waals surface area contributed by atoms with E-state index in [9.17, 15) is 0 Å². The summed E-state index contributed by atoms with van der Waals surface area (Å²) in [6.45, 7) is 5.89. The molecule has 0 aliphatic heterocycles. The van der Waals surface area contributed by atoms with E-state index in [1.807, 2.05) is 32.9 Å². The van der Waals surface area contributed by atoms with Gasteiger partial charge in [0.25, 0.3) is 0 Å². The summed E-state index contributed by atoms with van der Waals surface area (Å²) in [7, 11) is 1.63. The third-order valence-corrected chi connectivity index (χ3v) is 2.38. The van der Waals surface area contributed by atoms with Crippen molar-refractivity contribution in [3.63, 3.8) is 0 Å². The quantitative estimate of drug-likeness (QED) is 0.823. The van der Waals surface area contributed by atoms with E-state index in [0.717, 1.165) is 11.4 Å². The van der Waals surface area contributed by atoms with Crippen LogP contribution in [0.15, 0.2) is 12.1 Å². The van der Waals surface area contributed by atoms with Crippen molar-refractivity contribution in [3.8, 4) is 11.8 Å². The van der Waals surface area contributed by atoms with Crippen molar-refractivity contribution in [2.75, 3.05) is 12.4 Å².